The Morgan fingerprint density at radius 2 is 0.744 bits per heavy atom. The Balaban J connectivity index is 3.13. The Labute approximate surface area is 239 Å². The molecule has 0 atom stereocenters. The average Bonchev–Trinajstić information content (AvgIpc) is 2.94. The molecule has 2 N–H and O–H groups in total. The number of esters is 1. The number of carbonyl (C=O) groups is 1. The normalized spacial score (nSPS) is 11.3. The van der Waals surface area contributed by atoms with Crippen LogP contribution in [0.3, 0.4) is 0 Å². The zero-order chi connectivity index (χ0) is 28.3. The third-order valence-electron chi connectivity index (χ3n) is 6.10. The molecule has 0 unspecified atom stereocenters. The molecule has 0 amide bonds. The number of carbonyl (C=O) groups excluding carboxylic acids is 1. The van der Waals surface area contributed by atoms with E-state index in [1.165, 1.54) is 70.6 Å². The second-order valence-corrected chi connectivity index (χ2v) is 9.68. The maximum absolute atomic E-state index is 11.8. The van der Waals surface area contributed by atoms with E-state index in [4.69, 9.17) is 38.9 Å². The van der Waals surface area contributed by atoms with Gasteiger partial charge >= 0.3 is 5.97 Å². The van der Waals surface area contributed by atoms with Gasteiger partial charge in [0.2, 0.25) is 0 Å². The Hall–Kier alpha value is -0.810. The second kappa shape index (κ2) is 35.2. The highest BCUT2D eigenvalue weighted by atomic mass is 16.6. The van der Waals surface area contributed by atoms with Crippen LogP contribution in [0.2, 0.25) is 0 Å². The van der Waals surface area contributed by atoms with Gasteiger partial charge in [-0.3, -0.25) is 4.79 Å². The molecule has 0 rings (SSSR count). The van der Waals surface area contributed by atoms with Gasteiger partial charge in [0.25, 0.3) is 0 Å². The van der Waals surface area contributed by atoms with Crippen LogP contribution in [-0.2, 0) is 38.0 Å². The molecule has 0 saturated carbocycles. The summed E-state index contributed by atoms with van der Waals surface area (Å²) < 4.78 is 37.5. The molecule has 9 nitrogen and oxygen atoms in total. The van der Waals surface area contributed by atoms with Gasteiger partial charge < -0.3 is 38.9 Å². The Morgan fingerprint density at radius 1 is 0.436 bits per heavy atom. The van der Waals surface area contributed by atoms with Crippen molar-refractivity contribution < 1.29 is 38.0 Å². The summed E-state index contributed by atoms with van der Waals surface area (Å²) in [5.41, 5.74) is 5.33. The Kier molecular flexibility index (Phi) is 34.5. The van der Waals surface area contributed by atoms with Gasteiger partial charge in [-0.25, -0.2) is 0 Å². The Morgan fingerprint density at radius 3 is 1.10 bits per heavy atom. The highest BCUT2D eigenvalue weighted by Gasteiger charge is 2.03. The van der Waals surface area contributed by atoms with Crippen molar-refractivity contribution in [3.05, 3.63) is 0 Å². The molecule has 0 heterocycles. The van der Waals surface area contributed by atoms with Crippen LogP contribution >= 0.6 is 0 Å². The van der Waals surface area contributed by atoms with Crippen molar-refractivity contribution in [2.24, 2.45) is 5.73 Å². The van der Waals surface area contributed by atoms with Gasteiger partial charge in [0.15, 0.2) is 0 Å². The van der Waals surface area contributed by atoms with Gasteiger partial charge in [0.05, 0.1) is 79.3 Å². The van der Waals surface area contributed by atoms with Gasteiger partial charge in [-0.2, -0.15) is 0 Å². The topological polar surface area (TPSA) is 108 Å². The number of hydrogen-bond acceptors (Lipinski definition) is 9. The van der Waals surface area contributed by atoms with Crippen LogP contribution in [0, 0.1) is 0 Å². The largest absolute Gasteiger partial charge is 0.463 e. The van der Waals surface area contributed by atoms with Crippen molar-refractivity contribution in [2.75, 3.05) is 92.4 Å². The van der Waals surface area contributed by atoms with Crippen molar-refractivity contribution in [2.45, 2.75) is 96.8 Å². The zero-order valence-electron chi connectivity index (χ0n) is 25.1. The molecule has 0 aliphatic rings. The molecule has 0 aromatic carbocycles. The third-order valence-corrected chi connectivity index (χ3v) is 6.10. The van der Waals surface area contributed by atoms with Crippen molar-refractivity contribution in [3.63, 3.8) is 0 Å². The lowest BCUT2D eigenvalue weighted by molar-refractivity contribution is -0.145. The van der Waals surface area contributed by atoms with E-state index in [0.29, 0.717) is 98.9 Å². The van der Waals surface area contributed by atoms with Crippen molar-refractivity contribution in [3.8, 4) is 0 Å². The molecule has 0 aromatic heterocycles. The molecule has 234 valence electrons. The van der Waals surface area contributed by atoms with Crippen LogP contribution in [0.25, 0.3) is 0 Å². The zero-order valence-corrected chi connectivity index (χ0v) is 25.1. The smallest absolute Gasteiger partial charge is 0.305 e. The minimum Gasteiger partial charge on any atom is -0.463 e. The molecule has 0 aromatic rings. The lowest BCUT2D eigenvalue weighted by Crippen LogP contribution is -2.15. The number of hydrogen-bond donors (Lipinski definition) is 1. The molecule has 0 bridgehead atoms. The highest BCUT2D eigenvalue weighted by molar-refractivity contribution is 5.69. The quantitative estimate of drug-likeness (QED) is 0.0848. The van der Waals surface area contributed by atoms with Crippen molar-refractivity contribution in [1.29, 1.82) is 0 Å². The number of rotatable bonds is 34. The highest BCUT2D eigenvalue weighted by Crippen LogP contribution is 2.13. The molecule has 0 radical (unpaired) electrons. The van der Waals surface area contributed by atoms with Crippen LogP contribution < -0.4 is 5.73 Å². The van der Waals surface area contributed by atoms with E-state index in [0.717, 1.165) is 12.8 Å². The van der Waals surface area contributed by atoms with Crippen molar-refractivity contribution >= 4 is 5.97 Å². The first kappa shape index (κ1) is 38.2. The number of ether oxygens (including phenoxy) is 7. The fraction of sp³-hybridized carbons (Fsp3) is 0.967. The molecule has 0 aliphatic heterocycles. The minimum atomic E-state index is -0.125. The summed E-state index contributed by atoms with van der Waals surface area (Å²) in [7, 11) is 0. The second-order valence-electron chi connectivity index (χ2n) is 9.68. The lowest BCUT2D eigenvalue weighted by Gasteiger charge is -2.08. The van der Waals surface area contributed by atoms with Crippen molar-refractivity contribution in [1.82, 2.24) is 0 Å². The van der Waals surface area contributed by atoms with Gasteiger partial charge in [0, 0.05) is 13.0 Å². The van der Waals surface area contributed by atoms with E-state index in [-0.39, 0.29) is 5.97 Å². The SMILES string of the molecule is CCCCCCCCCCCCCCCC(=O)OCCOCCOCCOCCOCCOCCOCCN. The molecular weight excluding hydrogens is 502 g/mol. The minimum absolute atomic E-state index is 0.125. The summed E-state index contributed by atoms with van der Waals surface area (Å²) >= 11 is 0. The maximum atomic E-state index is 11.8. The standard InChI is InChI=1S/C30H61NO8/c1-2-3-4-5-6-7-8-9-10-11-12-13-14-15-30(32)39-29-28-38-27-26-37-25-24-36-23-22-35-21-20-34-19-18-33-17-16-31/h2-29,31H2,1H3. The fourth-order valence-corrected chi connectivity index (χ4v) is 3.86. The third kappa shape index (κ3) is 35.2. The first-order valence-corrected chi connectivity index (χ1v) is 15.6. The number of nitrogens with two attached hydrogens (primary N) is 1. The first-order valence-electron chi connectivity index (χ1n) is 15.6. The van der Waals surface area contributed by atoms with Gasteiger partial charge in [-0.05, 0) is 6.42 Å². The van der Waals surface area contributed by atoms with Gasteiger partial charge in [-0.15, -0.1) is 0 Å². The predicted octanol–water partition coefficient (Wildman–Crippen LogP) is 5.07. The van der Waals surface area contributed by atoms with Crippen LogP contribution in [0.1, 0.15) is 96.8 Å². The molecule has 0 spiro atoms. The fourth-order valence-electron chi connectivity index (χ4n) is 3.86. The summed E-state index contributed by atoms with van der Waals surface area (Å²) in [6.07, 6.45) is 17.4. The first-order chi connectivity index (χ1) is 19.3. The summed E-state index contributed by atoms with van der Waals surface area (Å²) in [5, 5.41) is 0. The van der Waals surface area contributed by atoms with Gasteiger partial charge in [0.1, 0.15) is 6.61 Å². The molecule has 0 saturated heterocycles. The van der Waals surface area contributed by atoms with Crippen LogP contribution in [0.4, 0.5) is 0 Å². The summed E-state index contributed by atoms with van der Waals surface area (Å²) in [6, 6.07) is 0. The molecule has 39 heavy (non-hydrogen) atoms. The van der Waals surface area contributed by atoms with E-state index in [2.05, 4.69) is 6.92 Å². The monoisotopic (exact) mass is 563 g/mol. The molecule has 0 aliphatic carbocycles. The summed E-state index contributed by atoms with van der Waals surface area (Å²) in [4.78, 5) is 11.8. The number of unbranched alkanes of at least 4 members (excludes halogenated alkanes) is 12. The molecule has 0 fully saturated rings. The average molecular weight is 564 g/mol. The van der Waals surface area contributed by atoms with E-state index < -0.39 is 0 Å². The van der Waals surface area contributed by atoms with Crippen LogP contribution in [0.5, 0.6) is 0 Å². The maximum Gasteiger partial charge on any atom is 0.305 e. The van der Waals surface area contributed by atoms with E-state index in [9.17, 15) is 4.79 Å². The summed E-state index contributed by atoms with van der Waals surface area (Å²) in [6.45, 7) is 9.22. The molecule has 9 heteroatoms. The Bertz CT molecular complexity index is 470. The van der Waals surface area contributed by atoms with Crippen LogP contribution in [-0.4, -0.2) is 98.4 Å². The van der Waals surface area contributed by atoms with E-state index >= 15 is 0 Å². The predicted molar refractivity (Wildman–Crippen MR) is 155 cm³/mol. The summed E-state index contributed by atoms with van der Waals surface area (Å²) in [5.74, 6) is -0.125. The van der Waals surface area contributed by atoms with Crippen LogP contribution in [0.15, 0.2) is 0 Å². The molecular formula is C30H61NO8. The van der Waals surface area contributed by atoms with Gasteiger partial charge in [-0.1, -0.05) is 84.0 Å². The van der Waals surface area contributed by atoms with E-state index in [1.54, 1.807) is 0 Å². The lowest BCUT2D eigenvalue weighted by atomic mass is 10.0. The van der Waals surface area contributed by atoms with E-state index in [1.807, 2.05) is 0 Å².